The molecule has 1 aliphatic rings. The van der Waals surface area contributed by atoms with E-state index in [2.05, 4.69) is 5.32 Å². The number of hydrogen-bond donors (Lipinski definition) is 3. The summed E-state index contributed by atoms with van der Waals surface area (Å²) in [5, 5.41) is 20.8. The average molecular weight is 249 g/mol. The van der Waals surface area contributed by atoms with Gasteiger partial charge in [-0.3, -0.25) is 4.79 Å². The number of benzene rings is 1. The van der Waals surface area contributed by atoms with Gasteiger partial charge in [-0.25, -0.2) is 4.79 Å². The number of nitrogens with one attached hydrogen (secondary N) is 1. The number of amides is 1. The smallest absolute Gasteiger partial charge is 0.330 e. The Balaban J connectivity index is 2.18. The first-order valence-corrected chi connectivity index (χ1v) is 5.76. The van der Waals surface area contributed by atoms with Crippen molar-refractivity contribution in [3.63, 3.8) is 0 Å². The fraction of sp³-hybridized carbons (Fsp3) is 0.385. The Hall–Kier alpha value is -1.88. The molecule has 0 bridgehead atoms. The van der Waals surface area contributed by atoms with E-state index in [-0.39, 0.29) is 5.92 Å². The Bertz CT molecular complexity index is 471. The molecule has 1 aromatic carbocycles. The fourth-order valence-corrected chi connectivity index (χ4v) is 2.10. The Morgan fingerprint density at radius 1 is 1.39 bits per heavy atom. The van der Waals surface area contributed by atoms with Crippen LogP contribution in [-0.4, -0.2) is 33.7 Å². The minimum absolute atomic E-state index is 0.237. The molecule has 1 saturated carbocycles. The van der Waals surface area contributed by atoms with Gasteiger partial charge in [0.15, 0.2) is 0 Å². The van der Waals surface area contributed by atoms with Crippen LogP contribution < -0.4 is 5.32 Å². The summed E-state index contributed by atoms with van der Waals surface area (Å²) < 4.78 is 0. The van der Waals surface area contributed by atoms with Crippen LogP contribution in [0.15, 0.2) is 30.3 Å². The van der Waals surface area contributed by atoms with Crippen molar-refractivity contribution in [2.24, 2.45) is 0 Å². The van der Waals surface area contributed by atoms with Crippen LogP contribution in [0.4, 0.5) is 0 Å². The molecular formula is C13H15NO4. The molecule has 0 radical (unpaired) electrons. The van der Waals surface area contributed by atoms with Crippen molar-refractivity contribution >= 4 is 11.9 Å². The number of rotatable bonds is 4. The zero-order valence-electron chi connectivity index (χ0n) is 9.96. The molecule has 3 atom stereocenters. The molecule has 5 nitrogen and oxygen atoms in total. The van der Waals surface area contributed by atoms with Crippen LogP contribution in [0.5, 0.6) is 0 Å². The minimum atomic E-state index is -1.27. The highest BCUT2D eigenvalue weighted by Crippen LogP contribution is 2.51. The third-order valence-corrected chi connectivity index (χ3v) is 3.27. The number of carboxylic acid groups (broad SMARTS) is 1. The van der Waals surface area contributed by atoms with E-state index in [0.717, 1.165) is 5.56 Å². The summed E-state index contributed by atoms with van der Waals surface area (Å²) in [4.78, 5) is 22.8. The summed E-state index contributed by atoms with van der Waals surface area (Å²) in [6.07, 6.45) is -0.858. The quantitative estimate of drug-likeness (QED) is 0.725. The molecule has 2 rings (SSSR count). The maximum atomic E-state index is 11.5. The van der Waals surface area contributed by atoms with Gasteiger partial charge >= 0.3 is 5.97 Å². The van der Waals surface area contributed by atoms with Gasteiger partial charge in [-0.1, -0.05) is 30.3 Å². The number of carbonyl (C=O) groups is 2. The molecule has 5 heteroatoms. The molecule has 96 valence electrons. The second-order valence-corrected chi connectivity index (χ2v) is 4.61. The standard InChI is InChI=1S/C13H15NO4/c1-8(15)11(16)14-13(12(17)18)7-10(13)9-5-3-2-4-6-9/h2-6,8,10,15H,7H2,1H3,(H,14,16)(H,17,18)/t8-,10+,13+/m0/s1. The van der Waals surface area contributed by atoms with E-state index in [0.29, 0.717) is 6.42 Å². The topological polar surface area (TPSA) is 86.6 Å². The second kappa shape index (κ2) is 4.42. The lowest BCUT2D eigenvalue weighted by molar-refractivity contribution is -0.144. The Labute approximate surface area is 104 Å². The Morgan fingerprint density at radius 3 is 2.50 bits per heavy atom. The zero-order chi connectivity index (χ0) is 13.3. The monoisotopic (exact) mass is 249 g/mol. The highest BCUT2D eigenvalue weighted by Gasteiger charge is 2.62. The molecule has 0 heterocycles. The Kier molecular flexibility index (Phi) is 3.09. The van der Waals surface area contributed by atoms with Crippen molar-refractivity contribution in [1.29, 1.82) is 0 Å². The molecule has 1 aliphatic carbocycles. The van der Waals surface area contributed by atoms with Crippen molar-refractivity contribution in [2.75, 3.05) is 0 Å². The van der Waals surface area contributed by atoms with Crippen LogP contribution in [0.1, 0.15) is 24.8 Å². The molecule has 18 heavy (non-hydrogen) atoms. The predicted molar refractivity (Wildman–Crippen MR) is 64.0 cm³/mol. The van der Waals surface area contributed by atoms with Crippen LogP contribution in [0.25, 0.3) is 0 Å². The van der Waals surface area contributed by atoms with Gasteiger partial charge in [0.2, 0.25) is 5.91 Å². The van der Waals surface area contributed by atoms with Crippen LogP contribution in [-0.2, 0) is 9.59 Å². The van der Waals surface area contributed by atoms with Gasteiger partial charge in [-0.15, -0.1) is 0 Å². The normalized spacial score (nSPS) is 27.3. The predicted octanol–water partition coefficient (Wildman–Crippen LogP) is 0.494. The molecule has 0 spiro atoms. The van der Waals surface area contributed by atoms with Crippen molar-refractivity contribution in [2.45, 2.75) is 30.9 Å². The first-order chi connectivity index (χ1) is 8.47. The summed E-state index contributed by atoms with van der Waals surface area (Å²) in [7, 11) is 0. The first kappa shape index (κ1) is 12.6. The summed E-state index contributed by atoms with van der Waals surface area (Å²) in [6, 6.07) is 9.18. The molecule has 0 aliphatic heterocycles. The molecule has 3 N–H and O–H groups in total. The molecule has 0 unspecified atom stereocenters. The minimum Gasteiger partial charge on any atom is -0.479 e. The van der Waals surface area contributed by atoms with Gasteiger partial charge in [-0.05, 0) is 18.9 Å². The number of aliphatic hydroxyl groups is 1. The third kappa shape index (κ3) is 2.09. The SMILES string of the molecule is C[C@H](O)C(=O)N[C@]1(C(=O)O)C[C@@H]1c1ccccc1. The number of hydrogen-bond acceptors (Lipinski definition) is 3. The van der Waals surface area contributed by atoms with Crippen LogP contribution >= 0.6 is 0 Å². The lowest BCUT2D eigenvalue weighted by Gasteiger charge is -2.16. The third-order valence-electron chi connectivity index (χ3n) is 3.27. The van der Waals surface area contributed by atoms with Gasteiger partial charge in [0, 0.05) is 5.92 Å². The maximum absolute atomic E-state index is 11.5. The summed E-state index contributed by atoms with van der Waals surface area (Å²) in [5.41, 5.74) is -0.388. The van der Waals surface area contributed by atoms with Gasteiger partial charge in [0.05, 0.1) is 0 Å². The maximum Gasteiger partial charge on any atom is 0.330 e. The lowest BCUT2D eigenvalue weighted by Crippen LogP contribution is -2.48. The van der Waals surface area contributed by atoms with Gasteiger partial charge < -0.3 is 15.5 Å². The highest BCUT2D eigenvalue weighted by molar-refractivity contribution is 5.92. The zero-order valence-corrected chi connectivity index (χ0v) is 9.96. The molecule has 0 aromatic heterocycles. The first-order valence-electron chi connectivity index (χ1n) is 5.76. The van der Waals surface area contributed by atoms with Crippen molar-refractivity contribution < 1.29 is 19.8 Å². The van der Waals surface area contributed by atoms with E-state index in [4.69, 9.17) is 5.11 Å². The number of carbonyl (C=O) groups excluding carboxylic acids is 1. The molecule has 1 fully saturated rings. The fourth-order valence-electron chi connectivity index (χ4n) is 2.10. The molecule has 1 amide bonds. The van der Waals surface area contributed by atoms with Crippen molar-refractivity contribution in [3.8, 4) is 0 Å². The molecular weight excluding hydrogens is 234 g/mol. The van der Waals surface area contributed by atoms with Gasteiger partial charge in [0.1, 0.15) is 11.6 Å². The van der Waals surface area contributed by atoms with E-state index < -0.39 is 23.5 Å². The van der Waals surface area contributed by atoms with Gasteiger partial charge in [0.25, 0.3) is 0 Å². The summed E-state index contributed by atoms with van der Waals surface area (Å²) in [5.74, 6) is -1.96. The van der Waals surface area contributed by atoms with E-state index >= 15 is 0 Å². The number of aliphatic carboxylic acids is 1. The number of aliphatic hydroxyl groups excluding tert-OH is 1. The van der Waals surface area contributed by atoms with E-state index in [9.17, 15) is 14.7 Å². The Morgan fingerprint density at radius 2 is 2.00 bits per heavy atom. The molecule has 0 saturated heterocycles. The van der Waals surface area contributed by atoms with Crippen LogP contribution in [0, 0.1) is 0 Å². The van der Waals surface area contributed by atoms with E-state index in [1.54, 1.807) is 0 Å². The second-order valence-electron chi connectivity index (χ2n) is 4.61. The lowest BCUT2D eigenvalue weighted by atomic mass is 10.1. The average Bonchev–Trinajstić information content (AvgIpc) is 3.06. The van der Waals surface area contributed by atoms with Crippen molar-refractivity contribution in [1.82, 2.24) is 5.32 Å². The molecule has 1 aromatic rings. The number of carboxylic acids is 1. The van der Waals surface area contributed by atoms with E-state index in [1.807, 2.05) is 30.3 Å². The van der Waals surface area contributed by atoms with Gasteiger partial charge in [-0.2, -0.15) is 0 Å². The summed E-state index contributed by atoms with van der Waals surface area (Å²) >= 11 is 0. The summed E-state index contributed by atoms with van der Waals surface area (Å²) in [6.45, 7) is 1.31. The van der Waals surface area contributed by atoms with E-state index in [1.165, 1.54) is 6.92 Å². The van der Waals surface area contributed by atoms with Crippen molar-refractivity contribution in [3.05, 3.63) is 35.9 Å². The van der Waals surface area contributed by atoms with Crippen LogP contribution in [0.2, 0.25) is 0 Å². The largest absolute Gasteiger partial charge is 0.479 e. The van der Waals surface area contributed by atoms with Crippen LogP contribution in [0.3, 0.4) is 0 Å². The highest BCUT2D eigenvalue weighted by atomic mass is 16.4.